The average molecular weight is 305 g/mol. The first-order valence-corrected chi connectivity index (χ1v) is 5.82. The van der Waals surface area contributed by atoms with Crippen LogP contribution in [0.25, 0.3) is 0 Å². The van der Waals surface area contributed by atoms with Crippen LogP contribution in [-0.4, -0.2) is 0 Å². The van der Waals surface area contributed by atoms with Crippen molar-refractivity contribution in [2.24, 2.45) is 0 Å². The van der Waals surface area contributed by atoms with Crippen molar-refractivity contribution in [2.75, 3.05) is 5.32 Å². The third-order valence-corrected chi connectivity index (χ3v) is 2.80. The number of nitrogens with one attached hydrogen (secondary N) is 1. The molecule has 21 heavy (non-hydrogen) atoms. The highest BCUT2D eigenvalue weighted by atomic mass is 19.4. The lowest BCUT2D eigenvalue weighted by Crippen LogP contribution is -2.12. The first-order valence-electron chi connectivity index (χ1n) is 5.82. The zero-order valence-corrected chi connectivity index (χ0v) is 10.4. The fourth-order valence-electron chi connectivity index (χ4n) is 1.80. The molecule has 1 nitrogen and oxygen atoms in total. The van der Waals surface area contributed by atoms with Gasteiger partial charge in [0.25, 0.3) is 0 Å². The second-order valence-corrected chi connectivity index (χ2v) is 4.25. The standard InChI is InChI=1S/C14H9F6N/c15-10-5-12(17)13(6-11(10)16)21-7-8-3-1-2-4-9(8)14(18,19)20/h1-6,21H,7H2. The number of rotatable bonds is 3. The summed E-state index contributed by atoms with van der Waals surface area (Å²) in [5.41, 5.74) is -1.42. The van der Waals surface area contributed by atoms with Gasteiger partial charge in [0.2, 0.25) is 0 Å². The molecule has 0 bridgehead atoms. The van der Waals surface area contributed by atoms with Gasteiger partial charge >= 0.3 is 6.18 Å². The number of hydrogen-bond acceptors (Lipinski definition) is 1. The smallest absolute Gasteiger partial charge is 0.378 e. The van der Waals surface area contributed by atoms with Gasteiger partial charge in [0.15, 0.2) is 11.6 Å². The van der Waals surface area contributed by atoms with Crippen LogP contribution < -0.4 is 5.32 Å². The highest BCUT2D eigenvalue weighted by molar-refractivity contribution is 5.46. The minimum atomic E-state index is -4.55. The number of anilines is 1. The summed E-state index contributed by atoms with van der Waals surface area (Å²) in [6.45, 7) is -0.377. The third-order valence-electron chi connectivity index (χ3n) is 2.80. The van der Waals surface area contributed by atoms with Gasteiger partial charge < -0.3 is 5.32 Å². The average Bonchev–Trinajstić information content (AvgIpc) is 2.41. The van der Waals surface area contributed by atoms with Gasteiger partial charge in [-0.05, 0) is 11.6 Å². The molecule has 0 heterocycles. The predicted octanol–water partition coefficient (Wildman–Crippen LogP) is 4.73. The second-order valence-electron chi connectivity index (χ2n) is 4.25. The molecular formula is C14H9F6N. The molecule has 0 saturated carbocycles. The Morgan fingerprint density at radius 3 is 2.14 bits per heavy atom. The van der Waals surface area contributed by atoms with E-state index in [-0.39, 0.29) is 12.1 Å². The van der Waals surface area contributed by atoms with Crippen LogP contribution in [0.15, 0.2) is 36.4 Å². The number of benzene rings is 2. The van der Waals surface area contributed by atoms with Crippen LogP contribution in [0.5, 0.6) is 0 Å². The van der Waals surface area contributed by atoms with Gasteiger partial charge in [0.05, 0.1) is 11.3 Å². The fourth-order valence-corrected chi connectivity index (χ4v) is 1.80. The Balaban J connectivity index is 2.23. The summed E-state index contributed by atoms with van der Waals surface area (Å²) in [7, 11) is 0. The fraction of sp³-hybridized carbons (Fsp3) is 0.143. The van der Waals surface area contributed by atoms with E-state index in [9.17, 15) is 26.3 Å². The third kappa shape index (κ3) is 3.48. The SMILES string of the molecule is Fc1cc(F)c(NCc2ccccc2C(F)(F)F)cc1F. The van der Waals surface area contributed by atoms with E-state index in [1.54, 1.807) is 0 Å². The van der Waals surface area contributed by atoms with Crippen LogP contribution in [0.2, 0.25) is 0 Å². The summed E-state index contributed by atoms with van der Waals surface area (Å²) in [5.74, 6) is -3.74. The Morgan fingerprint density at radius 2 is 1.48 bits per heavy atom. The first kappa shape index (κ1) is 15.2. The molecule has 0 aliphatic heterocycles. The molecule has 1 N–H and O–H groups in total. The van der Waals surface area contributed by atoms with E-state index in [0.29, 0.717) is 12.1 Å². The topological polar surface area (TPSA) is 12.0 Å². The highest BCUT2D eigenvalue weighted by Crippen LogP contribution is 2.32. The largest absolute Gasteiger partial charge is 0.416 e. The van der Waals surface area contributed by atoms with E-state index in [1.807, 2.05) is 0 Å². The van der Waals surface area contributed by atoms with Crippen molar-refractivity contribution < 1.29 is 26.3 Å². The maximum absolute atomic E-state index is 13.4. The molecule has 0 aliphatic rings. The van der Waals surface area contributed by atoms with Gasteiger partial charge in [-0.15, -0.1) is 0 Å². The van der Waals surface area contributed by atoms with Crippen molar-refractivity contribution in [1.82, 2.24) is 0 Å². The maximum Gasteiger partial charge on any atom is 0.416 e. The summed E-state index contributed by atoms with van der Waals surface area (Å²) < 4.78 is 77.4. The minimum Gasteiger partial charge on any atom is -0.378 e. The van der Waals surface area contributed by atoms with E-state index in [2.05, 4.69) is 5.32 Å². The Bertz CT molecular complexity index is 650. The van der Waals surface area contributed by atoms with E-state index in [0.717, 1.165) is 6.07 Å². The molecule has 0 aromatic heterocycles. The zero-order chi connectivity index (χ0) is 15.6. The highest BCUT2D eigenvalue weighted by Gasteiger charge is 2.32. The van der Waals surface area contributed by atoms with Gasteiger partial charge in [0.1, 0.15) is 5.82 Å². The van der Waals surface area contributed by atoms with Crippen LogP contribution in [-0.2, 0) is 12.7 Å². The van der Waals surface area contributed by atoms with Crippen molar-refractivity contribution in [2.45, 2.75) is 12.7 Å². The lowest BCUT2D eigenvalue weighted by Gasteiger charge is -2.14. The van der Waals surface area contributed by atoms with Gasteiger partial charge in [-0.1, -0.05) is 18.2 Å². The van der Waals surface area contributed by atoms with Crippen LogP contribution in [0.3, 0.4) is 0 Å². The first-order chi connectivity index (χ1) is 9.79. The minimum absolute atomic E-state index is 0.130. The maximum atomic E-state index is 13.4. The normalized spacial score (nSPS) is 11.5. The lowest BCUT2D eigenvalue weighted by atomic mass is 10.1. The molecule has 7 heteroatoms. The Kier molecular flexibility index (Phi) is 4.11. The zero-order valence-electron chi connectivity index (χ0n) is 10.4. The van der Waals surface area contributed by atoms with Gasteiger partial charge in [-0.2, -0.15) is 13.2 Å². The number of hydrogen-bond donors (Lipinski definition) is 1. The molecular weight excluding hydrogens is 296 g/mol. The summed E-state index contributed by atoms with van der Waals surface area (Å²) >= 11 is 0. The van der Waals surface area contributed by atoms with Crippen molar-refractivity contribution in [3.8, 4) is 0 Å². The second kappa shape index (κ2) is 5.67. The van der Waals surface area contributed by atoms with Crippen LogP contribution >= 0.6 is 0 Å². The quantitative estimate of drug-likeness (QED) is 0.638. The monoisotopic (exact) mass is 305 g/mol. The van der Waals surface area contributed by atoms with E-state index in [4.69, 9.17) is 0 Å². The summed E-state index contributed by atoms with van der Waals surface area (Å²) in [4.78, 5) is 0. The number of halogens is 6. The van der Waals surface area contributed by atoms with Gasteiger partial charge in [-0.3, -0.25) is 0 Å². The predicted molar refractivity (Wildman–Crippen MR) is 65.1 cm³/mol. The summed E-state index contributed by atoms with van der Waals surface area (Å²) in [6, 6.07) is 5.61. The molecule has 0 fully saturated rings. The van der Waals surface area contributed by atoms with Crippen LogP contribution in [0.4, 0.5) is 32.0 Å². The summed E-state index contributed by atoms with van der Waals surface area (Å²) in [6.07, 6.45) is -4.55. The molecule has 0 spiro atoms. The molecule has 0 aliphatic carbocycles. The van der Waals surface area contributed by atoms with E-state index < -0.39 is 34.9 Å². The molecule has 2 aromatic carbocycles. The van der Waals surface area contributed by atoms with E-state index >= 15 is 0 Å². The van der Waals surface area contributed by atoms with Crippen LogP contribution in [0.1, 0.15) is 11.1 Å². The Hall–Kier alpha value is -2.18. The Morgan fingerprint density at radius 1 is 0.857 bits per heavy atom. The molecule has 2 rings (SSSR count). The van der Waals surface area contributed by atoms with E-state index in [1.165, 1.54) is 18.2 Å². The Labute approximate surface area is 116 Å². The van der Waals surface area contributed by atoms with Crippen molar-refractivity contribution in [3.05, 3.63) is 65.0 Å². The summed E-state index contributed by atoms with van der Waals surface area (Å²) in [5, 5.41) is 2.33. The molecule has 0 radical (unpaired) electrons. The van der Waals surface area contributed by atoms with Gasteiger partial charge in [0, 0.05) is 18.7 Å². The molecule has 0 saturated heterocycles. The molecule has 112 valence electrons. The van der Waals surface area contributed by atoms with Crippen molar-refractivity contribution in [3.63, 3.8) is 0 Å². The van der Waals surface area contributed by atoms with Crippen LogP contribution in [0, 0.1) is 17.5 Å². The number of alkyl halides is 3. The van der Waals surface area contributed by atoms with Crippen molar-refractivity contribution in [1.29, 1.82) is 0 Å². The molecule has 0 atom stereocenters. The van der Waals surface area contributed by atoms with Gasteiger partial charge in [-0.25, -0.2) is 13.2 Å². The van der Waals surface area contributed by atoms with Crippen molar-refractivity contribution >= 4 is 5.69 Å². The lowest BCUT2D eigenvalue weighted by molar-refractivity contribution is -0.138. The molecule has 2 aromatic rings. The molecule has 0 amide bonds. The molecule has 0 unspecified atom stereocenters.